The van der Waals surface area contributed by atoms with Gasteiger partial charge in [0.25, 0.3) is 0 Å². The number of aromatic amines is 1. The van der Waals surface area contributed by atoms with Crippen LogP contribution in [0.2, 0.25) is 0 Å². The Labute approximate surface area is 116 Å². The Kier molecular flexibility index (Phi) is 4.02. The Balaban J connectivity index is 1.97. The fraction of sp³-hybridized carbons (Fsp3) is 0.357. The number of nitrogens with zero attached hydrogens (tertiary/aromatic N) is 1. The molecule has 2 aromatic rings. The Morgan fingerprint density at radius 1 is 1.45 bits per heavy atom. The smallest absolute Gasteiger partial charge is 0.325 e. The quantitative estimate of drug-likeness (QED) is 0.768. The van der Waals surface area contributed by atoms with Gasteiger partial charge in [0, 0.05) is 12.8 Å². The van der Waals surface area contributed by atoms with Crippen LogP contribution in [-0.2, 0) is 16.0 Å². The standard InChI is InChI=1S/C14H17N3O3/c1-8-4-3-5-10-13(8)17-11(16-10)6-7-12(18)15-9(2)14(19)20/h3-5,9H,6-7H2,1-2H3,(H,15,18)(H,16,17)(H,19,20)/t9-/m1/s1. The van der Waals surface area contributed by atoms with Gasteiger partial charge in [-0.25, -0.2) is 4.98 Å². The van der Waals surface area contributed by atoms with Gasteiger partial charge in [-0.1, -0.05) is 12.1 Å². The SMILES string of the molecule is Cc1cccc2[nH]c(CCC(=O)N[C@H](C)C(=O)O)nc12. The third-order valence-corrected chi connectivity index (χ3v) is 3.10. The summed E-state index contributed by atoms with van der Waals surface area (Å²) < 4.78 is 0. The van der Waals surface area contributed by atoms with Crippen molar-refractivity contribution in [2.75, 3.05) is 0 Å². The summed E-state index contributed by atoms with van der Waals surface area (Å²) in [4.78, 5) is 29.8. The van der Waals surface area contributed by atoms with Crippen LogP contribution in [0.1, 0.15) is 24.7 Å². The molecule has 0 saturated heterocycles. The highest BCUT2D eigenvalue weighted by atomic mass is 16.4. The second-order valence-electron chi connectivity index (χ2n) is 4.78. The van der Waals surface area contributed by atoms with Gasteiger partial charge >= 0.3 is 5.97 Å². The molecule has 0 bridgehead atoms. The van der Waals surface area contributed by atoms with Gasteiger partial charge in [-0.3, -0.25) is 9.59 Å². The summed E-state index contributed by atoms with van der Waals surface area (Å²) in [7, 11) is 0. The number of aromatic nitrogens is 2. The minimum Gasteiger partial charge on any atom is -0.480 e. The molecule has 0 radical (unpaired) electrons. The number of fused-ring (bicyclic) bond motifs is 1. The summed E-state index contributed by atoms with van der Waals surface area (Å²) in [5.41, 5.74) is 2.93. The number of hydrogen-bond donors (Lipinski definition) is 3. The second-order valence-corrected chi connectivity index (χ2v) is 4.78. The number of carbonyl (C=O) groups excluding carboxylic acids is 1. The van der Waals surface area contributed by atoms with E-state index in [0.717, 1.165) is 22.4 Å². The van der Waals surface area contributed by atoms with Crippen LogP contribution < -0.4 is 5.32 Å². The molecule has 1 aromatic carbocycles. The number of carbonyl (C=O) groups is 2. The molecular weight excluding hydrogens is 258 g/mol. The average molecular weight is 275 g/mol. The van der Waals surface area contributed by atoms with E-state index in [1.807, 2.05) is 25.1 Å². The summed E-state index contributed by atoms with van der Waals surface area (Å²) in [6, 6.07) is 4.99. The number of H-pyrrole nitrogens is 1. The first-order chi connectivity index (χ1) is 9.47. The highest BCUT2D eigenvalue weighted by Crippen LogP contribution is 2.16. The highest BCUT2D eigenvalue weighted by Gasteiger charge is 2.14. The Hall–Kier alpha value is -2.37. The predicted octanol–water partition coefficient (Wildman–Crippen LogP) is 1.39. The minimum absolute atomic E-state index is 0.205. The molecule has 0 aliphatic heterocycles. The van der Waals surface area contributed by atoms with Crippen LogP contribution in [0, 0.1) is 6.92 Å². The van der Waals surface area contributed by atoms with Crippen molar-refractivity contribution in [2.45, 2.75) is 32.7 Å². The van der Waals surface area contributed by atoms with E-state index < -0.39 is 12.0 Å². The van der Waals surface area contributed by atoms with Crippen molar-refractivity contribution in [3.8, 4) is 0 Å². The van der Waals surface area contributed by atoms with Gasteiger partial charge < -0.3 is 15.4 Å². The van der Waals surface area contributed by atoms with Crippen molar-refractivity contribution in [3.63, 3.8) is 0 Å². The first kappa shape index (κ1) is 14.0. The molecule has 2 rings (SSSR count). The lowest BCUT2D eigenvalue weighted by molar-refractivity contribution is -0.141. The zero-order chi connectivity index (χ0) is 14.7. The number of aliphatic carboxylic acids is 1. The molecule has 0 unspecified atom stereocenters. The topological polar surface area (TPSA) is 95.1 Å². The number of hydrogen-bond acceptors (Lipinski definition) is 3. The van der Waals surface area contributed by atoms with Crippen LogP contribution in [0.5, 0.6) is 0 Å². The van der Waals surface area contributed by atoms with E-state index in [1.54, 1.807) is 0 Å². The fourth-order valence-electron chi connectivity index (χ4n) is 1.95. The molecule has 6 heteroatoms. The van der Waals surface area contributed by atoms with Gasteiger partial charge in [0.05, 0.1) is 11.0 Å². The summed E-state index contributed by atoms with van der Waals surface area (Å²) >= 11 is 0. The van der Waals surface area contributed by atoms with Crippen molar-refractivity contribution in [1.82, 2.24) is 15.3 Å². The molecule has 1 heterocycles. The number of amides is 1. The first-order valence-corrected chi connectivity index (χ1v) is 6.43. The number of imidazole rings is 1. The van der Waals surface area contributed by atoms with Crippen molar-refractivity contribution < 1.29 is 14.7 Å². The predicted molar refractivity (Wildman–Crippen MR) is 74.4 cm³/mol. The summed E-state index contributed by atoms with van der Waals surface area (Å²) in [6.07, 6.45) is 0.656. The maximum absolute atomic E-state index is 11.6. The zero-order valence-corrected chi connectivity index (χ0v) is 11.4. The number of nitrogens with one attached hydrogen (secondary N) is 2. The van der Waals surface area contributed by atoms with Crippen LogP contribution in [0.3, 0.4) is 0 Å². The molecule has 0 aliphatic carbocycles. The third kappa shape index (κ3) is 3.14. The lowest BCUT2D eigenvalue weighted by Crippen LogP contribution is -2.38. The zero-order valence-electron chi connectivity index (χ0n) is 11.4. The molecule has 0 spiro atoms. The van der Waals surface area contributed by atoms with E-state index in [4.69, 9.17) is 5.11 Å². The number of carboxylic acid groups (broad SMARTS) is 1. The van der Waals surface area contributed by atoms with E-state index in [1.165, 1.54) is 6.92 Å². The first-order valence-electron chi connectivity index (χ1n) is 6.43. The second kappa shape index (κ2) is 5.73. The lowest BCUT2D eigenvalue weighted by Gasteiger charge is -2.08. The number of aryl methyl sites for hydroxylation is 2. The molecule has 1 amide bonds. The molecule has 6 nitrogen and oxygen atoms in total. The van der Waals surface area contributed by atoms with Crippen molar-refractivity contribution in [3.05, 3.63) is 29.6 Å². The number of rotatable bonds is 5. The number of para-hydroxylation sites is 1. The highest BCUT2D eigenvalue weighted by molar-refractivity contribution is 5.83. The molecular formula is C14H17N3O3. The van der Waals surface area contributed by atoms with Crippen LogP contribution in [0.25, 0.3) is 11.0 Å². The lowest BCUT2D eigenvalue weighted by atomic mass is 10.2. The van der Waals surface area contributed by atoms with Crippen LogP contribution in [0.4, 0.5) is 0 Å². The van der Waals surface area contributed by atoms with E-state index >= 15 is 0 Å². The van der Waals surface area contributed by atoms with Gasteiger partial charge in [-0.15, -0.1) is 0 Å². The molecule has 1 aromatic heterocycles. The Morgan fingerprint density at radius 3 is 2.85 bits per heavy atom. The molecule has 0 aliphatic rings. The van der Waals surface area contributed by atoms with E-state index in [-0.39, 0.29) is 12.3 Å². The van der Waals surface area contributed by atoms with Crippen LogP contribution in [-0.4, -0.2) is 33.0 Å². The van der Waals surface area contributed by atoms with Gasteiger partial charge in [-0.2, -0.15) is 0 Å². The van der Waals surface area contributed by atoms with Gasteiger partial charge in [0.2, 0.25) is 5.91 Å². The third-order valence-electron chi connectivity index (χ3n) is 3.10. The molecule has 0 saturated carbocycles. The molecule has 1 atom stereocenters. The number of carboxylic acids is 1. The number of benzene rings is 1. The van der Waals surface area contributed by atoms with Gasteiger partial charge in [0.15, 0.2) is 0 Å². The molecule has 106 valence electrons. The van der Waals surface area contributed by atoms with Crippen molar-refractivity contribution >= 4 is 22.9 Å². The monoisotopic (exact) mass is 275 g/mol. The van der Waals surface area contributed by atoms with Crippen molar-refractivity contribution in [1.29, 1.82) is 0 Å². The van der Waals surface area contributed by atoms with Crippen LogP contribution in [0.15, 0.2) is 18.2 Å². The average Bonchev–Trinajstić information content (AvgIpc) is 2.81. The fourth-order valence-corrected chi connectivity index (χ4v) is 1.95. The van der Waals surface area contributed by atoms with Crippen LogP contribution >= 0.6 is 0 Å². The molecule has 0 fully saturated rings. The molecule has 3 N–H and O–H groups in total. The largest absolute Gasteiger partial charge is 0.480 e. The van der Waals surface area contributed by atoms with Crippen molar-refractivity contribution in [2.24, 2.45) is 0 Å². The van der Waals surface area contributed by atoms with E-state index in [2.05, 4.69) is 15.3 Å². The van der Waals surface area contributed by atoms with Gasteiger partial charge in [-0.05, 0) is 25.5 Å². The van der Waals surface area contributed by atoms with Gasteiger partial charge in [0.1, 0.15) is 11.9 Å². The maximum atomic E-state index is 11.6. The normalized spacial score (nSPS) is 12.3. The van der Waals surface area contributed by atoms with E-state index in [9.17, 15) is 9.59 Å². The maximum Gasteiger partial charge on any atom is 0.325 e. The Bertz CT molecular complexity index is 648. The van der Waals surface area contributed by atoms with E-state index in [0.29, 0.717) is 6.42 Å². The molecule has 20 heavy (non-hydrogen) atoms. The Morgan fingerprint density at radius 2 is 2.20 bits per heavy atom. The minimum atomic E-state index is -1.04. The summed E-state index contributed by atoms with van der Waals surface area (Å²) in [5, 5.41) is 11.1. The summed E-state index contributed by atoms with van der Waals surface area (Å²) in [5.74, 6) is -0.609. The summed E-state index contributed by atoms with van der Waals surface area (Å²) in [6.45, 7) is 3.42.